The van der Waals surface area contributed by atoms with Crippen LogP contribution in [0.3, 0.4) is 0 Å². The third-order valence-corrected chi connectivity index (χ3v) is 3.93. The van der Waals surface area contributed by atoms with E-state index in [4.69, 9.17) is 9.26 Å². The fourth-order valence-corrected chi connectivity index (χ4v) is 2.48. The first-order valence-electron chi connectivity index (χ1n) is 7.84. The number of fused-ring (bicyclic) bond motifs is 1. The fraction of sp³-hybridized carbons (Fsp3) is 0.353. The third kappa shape index (κ3) is 3.24. The van der Waals surface area contributed by atoms with Gasteiger partial charge in [-0.25, -0.2) is 0 Å². The Morgan fingerprint density at radius 1 is 1.38 bits per heavy atom. The van der Waals surface area contributed by atoms with Gasteiger partial charge in [-0.1, -0.05) is 12.1 Å². The summed E-state index contributed by atoms with van der Waals surface area (Å²) in [7, 11) is 3.41. The van der Waals surface area contributed by atoms with Gasteiger partial charge in [0.15, 0.2) is 5.82 Å². The SMILES string of the molecule is CCC(=O)N(C)CCc1noc(-c2cc3ccc(OC)cc3[nH]2)n1. The van der Waals surface area contributed by atoms with E-state index in [0.29, 0.717) is 31.1 Å². The van der Waals surface area contributed by atoms with E-state index >= 15 is 0 Å². The molecule has 0 radical (unpaired) electrons. The highest BCUT2D eigenvalue weighted by Crippen LogP contribution is 2.26. The molecule has 1 N–H and O–H groups in total. The van der Waals surface area contributed by atoms with Gasteiger partial charge in [-0.05, 0) is 18.2 Å². The molecule has 2 aromatic heterocycles. The van der Waals surface area contributed by atoms with Crippen molar-refractivity contribution in [1.29, 1.82) is 0 Å². The number of hydrogen-bond acceptors (Lipinski definition) is 5. The van der Waals surface area contributed by atoms with Crippen molar-refractivity contribution < 1.29 is 14.1 Å². The molecule has 3 rings (SSSR count). The minimum atomic E-state index is 0.100. The van der Waals surface area contributed by atoms with Crippen molar-refractivity contribution in [2.24, 2.45) is 0 Å². The van der Waals surface area contributed by atoms with Crippen molar-refractivity contribution in [1.82, 2.24) is 20.0 Å². The van der Waals surface area contributed by atoms with E-state index < -0.39 is 0 Å². The Labute approximate surface area is 139 Å². The molecule has 0 saturated carbocycles. The lowest BCUT2D eigenvalue weighted by Crippen LogP contribution is -2.28. The Hall–Kier alpha value is -2.83. The highest BCUT2D eigenvalue weighted by Gasteiger charge is 2.13. The van der Waals surface area contributed by atoms with Crippen molar-refractivity contribution in [2.75, 3.05) is 20.7 Å². The molecule has 126 valence electrons. The zero-order valence-corrected chi connectivity index (χ0v) is 14.0. The third-order valence-electron chi connectivity index (χ3n) is 3.93. The molecule has 0 aliphatic rings. The van der Waals surface area contributed by atoms with Crippen LogP contribution in [0.15, 0.2) is 28.8 Å². The number of amides is 1. The second-order valence-corrected chi connectivity index (χ2v) is 5.57. The summed E-state index contributed by atoms with van der Waals surface area (Å²) >= 11 is 0. The Morgan fingerprint density at radius 3 is 2.96 bits per heavy atom. The maximum atomic E-state index is 11.6. The lowest BCUT2D eigenvalue weighted by molar-refractivity contribution is -0.129. The predicted octanol–water partition coefficient (Wildman–Crippen LogP) is 2.64. The molecule has 0 saturated heterocycles. The summed E-state index contributed by atoms with van der Waals surface area (Å²) < 4.78 is 10.5. The lowest BCUT2D eigenvalue weighted by Gasteiger charge is -2.14. The van der Waals surface area contributed by atoms with Crippen LogP contribution in [0, 0.1) is 0 Å². The number of ether oxygens (including phenoxy) is 1. The first-order chi connectivity index (χ1) is 11.6. The van der Waals surface area contributed by atoms with E-state index in [1.165, 1.54) is 0 Å². The molecule has 7 heteroatoms. The first kappa shape index (κ1) is 16.0. The topological polar surface area (TPSA) is 84.3 Å². The molecule has 0 atom stereocenters. The summed E-state index contributed by atoms with van der Waals surface area (Å²) in [4.78, 5) is 20.9. The molecular weight excluding hydrogens is 308 g/mol. The molecule has 0 spiro atoms. The quantitative estimate of drug-likeness (QED) is 0.752. The van der Waals surface area contributed by atoms with Crippen molar-refractivity contribution in [3.05, 3.63) is 30.1 Å². The molecule has 1 aromatic carbocycles. The second-order valence-electron chi connectivity index (χ2n) is 5.57. The number of likely N-dealkylation sites (N-methyl/N-ethyl adjacent to an activating group) is 1. The minimum absolute atomic E-state index is 0.100. The lowest BCUT2D eigenvalue weighted by atomic mass is 10.2. The monoisotopic (exact) mass is 328 g/mol. The van der Waals surface area contributed by atoms with Gasteiger partial charge < -0.3 is 19.1 Å². The molecule has 24 heavy (non-hydrogen) atoms. The molecule has 0 aliphatic heterocycles. The normalized spacial score (nSPS) is 11.0. The number of carbonyl (C=O) groups excluding carboxylic acids is 1. The minimum Gasteiger partial charge on any atom is -0.497 e. The predicted molar refractivity (Wildman–Crippen MR) is 89.8 cm³/mol. The van der Waals surface area contributed by atoms with Crippen LogP contribution >= 0.6 is 0 Å². The van der Waals surface area contributed by atoms with E-state index in [1.807, 2.05) is 31.2 Å². The molecule has 1 amide bonds. The van der Waals surface area contributed by atoms with Gasteiger partial charge in [-0.2, -0.15) is 4.98 Å². The number of carbonyl (C=O) groups is 1. The van der Waals surface area contributed by atoms with Gasteiger partial charge in [0.2, 0.25) is 5.91 Å². The maximum Gasteiger partial charge on any atom is 0.274 e. The zero-order valence-electron chi connectivity index (χ0n) is 14.0. The number of hydrogen-bond donors (Lipinski definition) is 1. The summed E-state index contributed by atoms with van der Waals surface area (Å²) in [5.41, 5.74) is 1.70. The Kier molecular flexibility index (Phi) is 4.50. The van der Waals surface area contributed by atoms with Gasteiger partial charge in [0.05, 0.1) is 7.11 Å². The fourth-order valence-electron chi connectivity index (χ4n) is 2.48. The van der Waals surface area contributed by atoms with Gasteiger partial charge in [0.1, 0.15) is 11.4 Å². The highest BCUT2D eigenvalue weighted by atomic mass is 16.5. The number of H-pyrrole nitrogens is 1. The summed E-state index contributed by atoms with van der Waals surface area (Å²) in [5.74, 6) is 1.90. The highest BCUT2D eigenvalue weighted by molar-refractivity contribution is 5.85. The first-order valence-corrected chi connectivity index (χ1v) is 7.84. The zero-order chi connectivity index (χ0) is 17.1. The summed E-state index contributed by atoms with van der Waals surface area (Å²) in [6.45, 7) is 2.41. The average Bonchev–Trinajstić information content (AvgIpc) is 3.24. The van der Waals surface area contributed by atoms with E-state index in [9.17, 15) is 4.79 Å². The molecule has 0 bridgehead atoms. The van der Waals surface area contributed by atoms with Crippen LogP contribution in [0.1, 0.15) is 19.2 Å². The number of methoxy groups -OCH3 is 1. The Morgan fingerprint density at radius 2 is 2.21 bits per heavy atom. The van der Waals surface area contributed by atoms with Gasteiger partial charge in [0.25, 0.3) is 5.89 Å². The van der Waals surface area contributed by atoms with Crippen LogP contribution in [0.4, 0.5) is 0 Å². The molecule has 0 aliphatic carbocycles. The van der Waals surface area contributed by atoms with Crippen LogP contribution in [0.2, 0.25) is 0 Å². The van der Waals surface area contributed by atoms with Gasteiger partial charge >= 0.3 is 0 Å². The van der Waals surface area contributed by atoms with E-state index in [1.54, 1.807) is 19.1 Å². The molecule has 2 heterocycles. The smallest absolute Gasteiger partial charge is 0.274 e. The molecule has 0 fully saturated rings. The number of aromatic amines is 1. The molecule has 0 unspecified atom stereocenters. The van der Waals surface area contributed by atoms with Gasteiger partial charge in [-0.3, -0.25) is 4.79 Å². The van der Waals surface area contributed by atoms with Crippen LogP contribution < -0.4 is 4.74 Å². The average molecular weight is 328 g/mol. The maximum absolute atomic E-state index is 11.6. The van der Waals surface area contributed by atoms with E-state index in [-0.39, 0.29) is 5.91 Å². The summed E-state index contributed by atoms with van der Waals surface area (Å²) in [6.07, 6.45) is 1.05. The van der Waals surface area contributed by atoms with E-state index in [2.05, 4.69) is 15.1 Å². The molecular formula is C17H20N4O3. The van der Waals surface area contributed by atoms with Crippen LogP contribution in [0.25, 0.3) is 22.5 Å². The second kappa shape index (κ2) is 6.74. The van der Waals surface area contributed by atoms with Crippen LogP contribution in [-0.4, -0.2) is 46.6 Å². The Bertz CT molecular complexity index is 853. The summed E-state index contributed by atoms with van der Waals surface area (Å²) in [5, 5.41) is 5.03. The number of nitrogens with zero attached hydrogens (tertiary/aromatic N) is 3. The number of rotatable bonds is 6. The molecule has 3 aromatic rings. The Balaban J connectivity index is 1.74. The number of benzene rings is 1. The largest absolute Gasteiger partial charge is 0.497 e. The van der Waals surface area contributed by atoms with Crippen LogP contribution in [-0.2, 0) is 11.2 Å². The van der Waals surface area contributed by atoms with Crippen molar-refractivity contribution >= 4 is 16.8 Å². The standard InChI is InChI=1S/C17H20N4O3/c1-4-16(22)21(2)8-7-15-19-17(24-20-15)14-9-11-5-6-12(23-3)10-13(11)18-14/h5-6,9-10,18H,4,7-8H2,1-3H3. The van der Waals surface area contributed by atoms with Crippen LogP contribution in [0.5, 0.6) is 5.75 Å². The number of nitrogens with one attached hydrogen (secondary N) is 1. The van der Waals surface area contributed by atoms with Crippen molar-refractivity contribution in [2.45, 2.75) is 19.8 Å². The van der Waals surface area contributed by atoms with Gasteiger partial charge in [-0.15, -0.1) is 0 Å². The molecule has 7 nitrogen and oxygen atoms in total. The number of aromatic nitrogens is 3. The van der Waals surface area contributed by atoms with E-state index in [0.717, 1.165) is 22.3 Å². The van der Waals surface area contributed by atoms with Gasteiger partial charge in [0, 0.05) is 43.4 Å². The van der Waals surface area contributed by atoms with Crippen molar-refractivity contribution in [3.63, 3.8) is 0 Å². The van der Waals surface area contributed by atoms with Crippen molar-refractivity contribution in [3.8, 4) is 17.3 Å². The summed E-state index contributed by atoms with van der Waals surface area (Å²) in [6, 6.07) is 7.75.